The summed E-state index contributed by atoms with van der Waals surface area (Å²) in [6.07, 6.45) is 0. The van der Waals surface area contributed by atoms with Gasteiger partial charge in [0.25, 0.3) is 0 Å². The Labute approximate surface area is 149 Å². The van der Waals surface area contributed by atoms with Gasteiger partial charge < -0.3 is 20.5 Å². The van der Waals surface area contributed by atoms with Gasteiger partial charge in [-0.15, -0.1) is 0 Å². The molecule has 1 saturated heterocycles. The van der Waals surface area contributed by atoms with E-state index in [1.807, 2.05) is 4.90 Å². The molecule has 0 amide bonds. The maximum atomic E-state index is 14.1. The van der Waals surface area contributed by atoms with Crippen LogP contribution in [0.1, 0.15) is 11.1 Å². The molecule has 4 rings (SSSR count). The number of rotatable bonds is 2. The number of hydrogen-bond acceptors (Lipinski definition) is 5. The van der Waals surface area contributed by atoms with Gasteiger partial charge in [-0.05, 0) is 36.4 Å². The van der Waals surface area contributed by atoms with Crippen LogP contribution in [0.25, 0.3) is 0 Å². The van der Waals surface area contributed by atoms with Crippen molar-refractivity contribution < 1.29 is 14.2 Å². The number of morpholine rings is 1. The van der Waals surface area contributed by atoms with Crippen molar-refractivity contribution >= 4 is 28.8 Å². The van der Waals surface area contributed by atoms with E-state index in [9.17, 15) is 9.50 Å². The molecular formula is C18H17ClFN3O2. The molecule has 0 aliphatic carbocycles. The Kier molecular flexibility index (Phi) is 3.91. The van der Waals surface area contributed by atoms with Crippen molar-refractivity contribution in [2.45, 2.75) is 5.60 Å². The minimum atomic E-state index is -1.73. The fourth-order valence-electron chi connectivity index (χ4n) is 3.41. The number of amidine groups is 1. The normalized spacial score (nSPS) is 22.7. The van der Waals surface area contributed by atoms with Gasteiger partial charge in [0.15, 0.2) is 5.60 Å². The Morgan fingerprint density at radius 3 is 2.68 bits per heavy atom. The second-order valence-corrected chi connectivity index (χ2v) is 6.57. The van der Waals surface area contributed by atoms with Gasteiger partial charge >= 0.3 is 0 Å². The molecule has 7 heteroatoms. The minimum absolute atomic E-state index is 0.00451. The first kappa shape index (κ1) is 16.3. The van der Waals surface area contributed by atoms with Crippen LogP contribution in [0.5, 0.6) is 0 Å². The maximum Gasteiger partial charge on any atom is 0.176 e. The number of nitrogens with two attached hydrogens (primary N) is 1. The zero-order valence-electron chi connectivity index (χ0n) is 13.4. The molecule has 2 aliphatic heterocycles. The summed E-state index contributed by atoms with van der Waals surface area (Å²) in [4.78, 5) is 6.31. The predicted molar refractivity (Wildman–Crippen MR) is 95.2 cm³/mol. The summed E-state index contributed by atoms with van der Waals surface area (Å²) >= 11 is 6.10. The van der Waals surface area contributed by atoms with Crippen molar-refractivity contribution in [3.63, 3.8) is 0 Å². The number of aliphatic hydroxyl groups is 1. The second kappa shape index (κ2) is 5.98. The van der Waals surface area contributed by atoms with E-state index in [0.29, 0.717) is 53.8 Å². The van der Waals surface area contributed by atoms with Crippen LogP contribution in [-0.4, -0.2) is 37.2 Å². The fraction of sp³-hybridized carbons (Fsp3) is 0.278. The largest absolute Gasteiger partial charge is 0.384 e. The molecular weight excluding hydrogens is 345 g/mol. The third-order valence-corrected chi connectivity index (χ3v) is 4.90. The first-order valence-electron chi connectivity index (χ1n) is 8.00. The van der Waals surface area contributed by atoms with Gasteiger partial charge in [0.05, 0.1) is 18.9 Å². The summed E-state index contributed by atoms with van der Waals surface area (Å²) in [6, 6.07) is 9.33. The molecule has 25 heavy (non-hydrogen) atoms. The minimum Gasteiger partial charge on any atom is -0.384 e. The van der Waals surface area contributed by atoms with Gasteiger partial charge in [-0.25, -0.2) is 9.38 Å². The Bertz CT molecular complexity index is 867. The molecule has 2 aliphatic rings. The molecule has 5 nitrogen and oxygen atoms in total. The topological polar surface area (TPSA) is 71.1 Å². The van der Waals surface area contributed by atoms with E-state index in [1.165, 1.54) is 12.1 Å². The monoisotopic (exact) mass is 361 g/mol. The number of anilines is 1. The molecule has 1 fully saturated rings. The molecule has 1 atom stereocenters. The molecule has 3 N–H and O–H groups in total. The van der Waals surface area contributed by atoms with E-state index in [2.05, 4.69) is 4.99 Å². The number of hydrogen-bond donors (Lipinski definition) is 2. The van der Waals surface area contributed by atoms with E-state index >= 15 is 0 Å². The molecule has 0 saturated carbocycles. The first-order chi connectivity index (χ1) is 12.0. The molecule has 0 aromatic heterocycles. The van der Waals surface area contributed by atoms with E-state index in [1.54, 1.807) is 24.3 Å². The van der Waals surface area contributed by atoms with Crippen molar-refractivity contribution in [1.29, 1.82) is 0 Å². The van der Waals surface area contributed by atoms with E-state index < -0.39 is 11.4 Å². The van der Waals surface area contributed by atoms with Crippen molar-refractivity contribution in [1.82, 2.24) is 0 Å². The summed E-state index contributed by atoms with van der Waals surface area (Å²) in [7, 11) is 0. The summed E-state index contributed by atoms with van der Waals surface area (Å²) in [5, 5.41) is 12.0. The third-order valence-electron chi connectivity index (χ3n) is 4.66. The number of halogens is 2. The van der Waals surface area contributed by atoms with Crippen LogP contribution in [0.15, 0.2) is 41.4 Å². The van der Waals surface area contributed by atoms with Crippen LogP contribution in [0, 0.1) is 5.82 Å². The molecule has 1 unspecified atom stereocenters. The standard InChI is InChI=1S/C18H17ClFN3O2/c19-11-1-3-15-13(9-11)18(24,17(21)22-15)14-10-12(20)2-4-16(14)23-5-7-25-8-6-23/h1-4,9-10,24H,5-8H2,(H2,21,22). The molecule has 0 spiro atoms. The van der Waals surface area contributed by atoms with Crippen molar-refractivity contribution in [3.8, 4) is 0 Å². The fourth-order valence-corrected chi connectivity index (χ4v) is 3.58. The SMILES string of the molecule is NC1=Nc2ccc(Cl)cc2C1(O)c1cc(F)ccc1N1CCOCC1. The summed E-state index contributed by atoms with van der Waals surface area (Å²) in [5.74, 6) is -0.450. The van der Waals surface area contributed by atoms with Gasteiger partial charge in [-0.3, -0.25) is 0 Å². The van der Waals surface area contributed by atoms with Gasteiger partial charge in [0.1, 0.15) is 11.7 Å². The predicted octanol–water partition coefficient (Wildman–Crippen LogP) is 2.55. The van der Waals surface area contributed by atoms with Crippen molar-refractivity contribution in [2.75, 3.05) is 31.2 Å². The zero-order valence-corrected chi connectivity index (χ0v) is 14.1. The molecule has 130 valence electrons. The highest BCUT2D eigenvalue weighted by atomic mass is 35.5. The van der Waals surface area contributed by atoms with Crippen molar-refractivity contribution in [2.24, 2.45) is 10.7 Å². The number of nitrogens with zero attached hydrogens (tertiary/aromatic N) is 2. The lowest BCUT2D eigenvalue weighted by atomic mass is 9.85. The number of ether oxygens (including phenoxy) is 1. The second-order valence-electron chi connectivity index (χ2n) is 6.13. The number of benzene rings is 2. The summed E-state index contributed by atoms with van der Waals surface area (Å²) in [6.45, 7) is 2.44. The van der Waals surface area contributed by atoms with E-state index in [4.69, 9.17) is 22.1 Å². The highest BCUT2D eigenvalue weighted by Gasteiger charge is 2.45. The zero-order chi connectivity index (χ0) is 17.6. The van der Waals surface area contributed by atoms with Crippen LogP contribution in [0.2, 0.25) is 5.02 Å². The summed E-state index contributed by atoms with van der Waals surface area (Å²) < 4.78 is 19.4. The Morgan fingerprint density at radius 1 is 1.16 bits per heavy atom. The lowest BCUT2D eigenvalue weighted by Crippen LogP contribution is -2.43. The Balaban J connectivity index is 1.91. The van der Waals surface area contributed by atoms with Crippen LogP contribution in [-0.2, 0) is 10.3 Å². The van der Waals surface area contributed by atoms with Crippen LogP contribution < -0.4 is 10.6 Å². The maximum absolute atomic E-state index is 14.1. The van der Waals surface area contributed by atoms with E-state index in [-0.39, 0.29) is 5.84 Å². The van der Waals surface area contributed by atoms with Gasteiger partial charge in [-0.1, -0.05) is 11.6 Å². The smallest absolute Gasteiger partial charge is 0.176 e. The molecule has 2 aromatic rings. The van der Waals surface area contributed by atoms with Crippen LogP contribution in [0.3, 0.4) is 0 Å². The van der Waals surface area contributed by atoms with Crippen LogP contribution >= 0.6 is 11.6 Å². The first-order valence-corrected chi connectivity index (χ1v) is 8.37. The molecule has 2 heterocycles. The Hall–Kier alpha value is -2.15. The lowest BCUT2D eigenvalue weighted by molar-refractivity contribution is 0.121. The lowest BCUT2D eigenvalue weighted by Gasteiger charge is -2.34. The third kappa shape index (κ3) is 2.57. The molecule has 2 aromatic carbocycles. The van der Waals surface area contributed by atoms with Gasteiger partial charge in [0.2, 0.25) is 0 Å². The highest BCUT2D eigenvalue weighted by Crippen LogP contribution is 2.46. The average Bonchev–Trinajstić information content (AvgIpc) is 2.87. The average molecular weight is 362 g/mol. The Morgan fingerprint density at radius 2 is 1.92 bits per heavy atom. The summed E-state index contributed by atoms with van der Waals surface area (Å²) in [5.41, 5.74) is 6.41. The van der Waals surface area contributed by atoms with Crippen LogP contribution in [0.4, 0.5) is 15.8 Å². The van der Waals surface area contributed by atoms with Gasteiger partial charge in [0, 0.05) is 34.9 Å². The molecule has 0 radical (unpaired) electrons. The number of fused-ring (bicyclic) bond motifs is 1. The highest BCUT2D eigenvalue weighted by molar-refractivity contribution is 6.30. The van der Waals surface area contributed by atoms with Gasteiger partial charge in [-0.2, -0.15) is 0 Å². The molecule has 0 bridgehead atoms. The quantitative estimate of drug-likeness (QED) is 0.862. The number of aliphatic imine (C=N–C) groups is 1. The van der Waals surface area contributed by atoms with E-state index in [0.717, 1.165) is 0 Å². The van der Waals surface area contributed by atoms with Crippen molar-refractivity contribution in [3.05, 3.63) is 58.4 Å².